The van der Waals surface area contributed by atoms with Gasteiger partial charge in [-0.05, 0) is 43.7 Å². The molecule has 9 heteroatoms. The number of ether oxygens (including phenoxy) is 1. The Labute approximate surface area is 170 Å². The fraction of sp³-hybridized carbons (Fsp3) is 0.300. The number of amides is 2. The minimum absolute atomic E-state index is 0.205. The average Bonchev–Trinajstić information content (AvgIpc) is 2.69. The van der Waals surface area contributed by atoms with Crippen molar-refractivity contribution < 1.29 is 29.0 Å². The van der Waals surface area contributed by atoms with Crippen LogP contribution in [-0.4, -0.2) is 42.5 Å². The Morgan fingerprint density at radius 1 is 1.03 bits per heavy atom. The average molecular weight is 400 g/mol. The van der Waals surface area contributed by atoms with E-state index in [0.29, 0.717) is 11.4 Å². The molecule has 29 heavy (non-hydrogen) atoms. The van der Waals surface area contributed by atoms with Crippen molar-refractivity contribution in [1.82, 2.24) is 5.32 Å². The van der Waals surface area contributed by atoms with Crippen molar-refractivity contribution in [3.05, 3.63) is 59.7 Å². The molecule has 4 N–H and O–H groups in total. The van der Waals surface area contributed by atoms with Crippen molar-refractivity contribution in [2.45, 2.75) is 26.5 Å². The van der Waals surface area contributed by atoms with Gasteiger partial charge in [0.25, 0.3) is 0 Å². The summed E-state index contributed by atoms with van der Waals surface area (Å²) in [7, 11) is -0.521. The van der Waals surface area contributed by atoms with Crippen molar-refractivity contribution in [3.63, 3.8) is 0 Å². The number of carbonyl (C=O) groups is 2. The molecule has 2 atom stereocenters. The number of rotatable bonds is 9. The molecule has 0 spiro atoms. The zero-order valence-electron chi connectivity index (χ0n) is 16.6. The van der Waals surface area contributed by atoms with Gasteiger partial charge in [-0.3, -0.25) is 9.59 Å². The number of nitrogens with one attached hydrogen (secondary N) is 2. The predicted octanol–water partition coefficient (Wildman–Crippen LogP) is 1.25. The molecule has 0 saturated carbocycles. The zero-order chi connectivity index (χ0) is 21.4. The van der Waals surface area contributed by atoms with Crippen LogP contribution in [0, 0.1) is 12.8 Å². The van der Waals surface area contributed by atoms with Gasteiger partial charge in [0.1, 0.15) is 17.9 Å². The van der Waals surface area contributed by atoms with Crippen molar-refractivity contribution in [2.75, 3.05) is 12.4 Å². The molecule has 2 amide bonds. The summed E-state index contributed by atoms with van der Waals surface area (Å²) in [6.07, 6.45) is -0.808. The van der Waals surface area contributed by atoms with E-state index in [4.69, 9.17) is 19.4 Å². The maximum atomic E-state index is 12.5. The van der Waals surface area contributed by atoms with Gasteiger partial charge in [0.2, 0.25) is 11.8 Å². The van der Waals surface area contributed by atoms with Crippen molar-refractivity contribution in [3.8, 4) is 5.75 Å². The van der Waals surface area contributed by atoms with Gasteiger partial charge in [0, 0.05) is 12.1 Å². The topological polar surface area (TPSA) is 117 Å². The highest BCUT2D eigenvalue weighted by Gasteiger charge is 2.26. The van der Waals surface area contributed by atoms with E-state index >= 15 is 0 Å². The van der Waals surface area contributed by atoms with Crippen molar-refractivity contribution in [1.29, 1.82) is 0 Å². The molecule has 0 aliphatic rings. The lowest BCUT2D eigenvalue weighted by atomic mass is 10.1. The first-order valence-corrected chi connectivity index (χ1v) is 9.11. The molecule has 0 bridgehead atoms. The molecule has 2 aromatic rings. The molecule has 0 aliphatic carbocycles. The summed E-state index contributed by atoms with van der Waals surface area (Å²) in [6.45, 7) is 3.40. The largest absolute Gasteiger partial charge is 0.635 e. The minimum Gasteiger partial charge on any atom is -0.497 e. The van der Waals surface area contributed by atoms with E-state index in [9.17, 15) is 9.59 Å². The molecule has 0 radical (unpaired) electrons. The second-order valence-corrected chi connectivity index (χ2v) is 6.59. The van der Waals surface area contributed by atoms with Crippen LogP contribution in [0.15, 0.2) is 48.5 Å². The Morgan fingerprint density at radius 3 is 2.21 bits per heavy atom. The molecular formula is C20H25BN2O6. The lowest BCUT2D eigenvalue weighted by Crippen LogP contribution is -2.46. The SMILES string of the molecule is COc1ccc(NC(=O)C(C)C(=O)N[C@@H](Cc2ccc(C)cc2)OB(O)O)cc1. The quantitative estimate of drug-likeness (QED) is 0.286. The zero-order valence-corrected chi connectivity index (χ0v) is 16.6. The summed E-state index contributed by atoms with van der Waals surface area (Å²) >= 11 is 0. The molecule has 0 saturated heterocycles. The van der Waals surface area contributed by atoms with Crippen LogP contribution in [-0.2, 0) is 20.7 Å². The summed E-state index contributed by atoms with van der Waals surface area (Å²) in [5.41, 5.74) is 2.42. The third kappa shape index (κ3) is 7.22. The number of anilines is 1. The maximum absolute atomic E-state index is 12.5. The van der Waals surface area contributed by atoms with E-state index in [1.165, 1.54) is 6.92 Å². The predicted molar refractivity (Wildman–Crippen MR) is 109 cm³/mol. The molecule has 154 valence electrons. The first kappa shape index (κ1) is 22.4. The summed E-state index contributed by atoms with van der Waals surface area (Å²) < 4.78 is 10.0. The first-order valence-electron chi connectivity index (χ1n) is 9.11. The highest BCUT2D eigenvalue weighted by molar-refractivity contribution is 6.32. The molecule has 2 aromatic carbocycles. The van der Waals surface area contributed by atoms with Crippen molar-refractivity contribution in [2.24, 2.45) is 5.92 Å². The third-order valence-corrected chi connectivity index (χ3v) is 4.28. The van der Waals surface area contributed by atoms with Gasteiger partial charge in [0.05, 0.1) is 7.11 Å². The van der Waals surface area contributed by atoms with E-state index < -0.39 is 31.3 Å². The highest BCUT2D eigenvalue weighted by Crippen LogP contribution is 2.16. The minimum atomic E-state index is -2.06. The molecule has 1 unspecified atom stereocenters. The molecule has 0 aromatic heterocycles. The Bertz CT molecular complexity index is 811. The molecule has 0 heterocycles. The Hall–Kier alpha value is -2.88. The van der Waals surface area contributed by atoms with Crippen LogP contribution < -0.4 is 15.4 Å². The van der Waals surface area contributed by atoms with Crippen LogP contribution in [0.1, 0.15) is 18.1 Å². The summed E-state index contributed by atoms with van der Waals surface area (Å²) in [5.74, 6) is -1.50. The second-order valence-electron chi connectivity index (χ2n) is 6.59. The fourth-order valence-corrected chi connectivity index (χ4v) is 2.55. The maximum Gasteiger partial charge on any atom is 0.635 e. The smallest absolute Gasteiger partial charge is 0.497 e. The Kier molecular flexibility index (Phi) is 8.20. The van der Waals surface area contributed by atoms with Crippen LogP contribution in [0.5, 0.6) is 5.75 Å². The van der Waals surface area contributed by atoms with Crippen LogP contribution in [0.2, 0.25) is 0 Å². The number of aryl methyl sites for hydroxylation is 1. The van der Waals surface area contributed by atoms with E-state index in [0.717, 1.165) is 11.1 Å². The van der Waals surface area contributed by atoms with E-state index in [1.807, 2.05) is 31.2 Å². The summed E-state index contributed by atoms with van der Waals surface area (Å²) in [6, 6.07) is 14.2. The van der Waals surface area contributed by atoms with Crippen LogP contribution in [0.3, 0.4) is 0 Å². The summed E-state index contributed by atoms with van der Waals surface area (Å²) in [4.78, 5) is 24.8. The molecular weight excluding hydrogens is 375 g/mol. The van der Waals surface area contributed by atoms with Gasteiger partial charge in [-0.25, -0.2) is 0 Å². The molecule has 0 aliphatic heterocycles. The number of methoxy groups -OCH3 is 1. The number of hydrogen-bond donors (Lipinski definition) is 4. The molecule has 2 rings (SSSR count). The van der Waals surface area contributed by atoms with Crippen molar-refractivity contribution >= 4 is 24.8 Å². The van der Waals surface area contributed by atoms with E-state index in [-0.39, 0.29) is 6.42 Å². The van der Waals surface area contributed by atoms with Gasteiger partial charge in [-0.1, -0.05) is 29.8 Å². The van der Waals surface area contributed by atoms with Gasteiger partial charge < -0.3 is 30.1 Å². The normalized spacial score (nSPS) is 12.6. The number of carbonyl (C=O) groups excluding carboxylic acids is 2. The highest BCUT2D eigenvalue weighted by atomic mass is 16.6. The van der Waals surface area contributed by atoms with E-state index in [1.54, 1.807) is 31.4 Å². The number of benzene rings is 2. The van der Waals surface area contributed by atoms with E-state index in [2.05, 4.69) is 10.6 Å². The Balaban J connectivity index is 1.98. The van der Waals surface area contributed by atoms with Crippen LogP contribution in [0.25, 0.3) is 0 Å². The van der Waals surface area contributed by atoms with Gasteiger partial charge in [0.15, 0.2) is 0 Å². The van der Waals surface area contributed by atoms with Gasteiger partial charge in [-0.2, -0.15) is 0 Å². The Morgan fingerprint density at radius 2 is 1.66 bits per heavy atom. The van der Waals surface area contributed by atoms with Gasteiger partial charge >= 0.3 is 7.32 Å². The monoisotopic (exact) mass is 400 g/mol. The van der Waals surface area contributed by atoms with Crippen LogP contribution >= 0.6 is 0 Å². The van der Waals surface area contributed by atoms with Crippen LogP contribution in [0.4, 0.5) is 5.69 Å². The standard InChI is InChI=1S/C20H25BN2O6/c1-13-4-6-15(7-5-13)12-18(29-21(26)27)23-20(25)14(2)19(24)22-16-8-10-17(28-3)11-9-16/h4-11,14,18,26-27H,12H2,1-3H3,(H,22,24)(H,23,25)/t14?,18-/m1/s1. The lowest BCUT2D eigenvalue weighted by molar-refractivity contribution is -0.133. The fourth-order valence-electron chi connectivity index (χ4n) is 2.55. The molecule has 0 fully saturated rings. The lowest BCUT2D eigenvalue weighted by Gasteiger charge is -2.21. The second kappa shape index (κ2) is 10.6. The third-order valence-electron chi connectivity index (χ3n) is 4.28. The van der Waals surface area contributed by atoms with Gasteiger partial charge in [-0.15, -0.1) is 0 Å². The first-order chi connectivity index (χ1) is 13.8. The summed E-state index contributed by atoms with van der Waals surface area (Å²) in [5, 5.41) is 23.5. The molecule has 8 nitrogen and oxygen atoms in total. The number of hydrogen-bond acceptors (Lipinski definition) is 6.